The van der Waals surface area contributed by atoms with Gasteiger partial charge in [-0.15, -0.1) is 0 Å². The molecule has 1 heterocycles. The monoisotopic (exact) mass is 517 g/mol. The highest BCUT2D eigenvalue weighted by Gasteiger charge is 2.30. The van der Waals surface area contributed by atoms with Gasteiger partial charge in [-0.2, -0.15) is 18.3 Å². The number of hydrogen-bond donors (Lipinski definition) is 1. The summed E-state index contributed by atoms with van der Waals surface area (Å²) in [4.78, 5) is 0. The van der Waals surface area contributed by atoms with Crippen molar-refractivity contribution in [3.8, 4) is 5.69 Å². The normalized spacial score (nSPS) is 12.0. The fourth-order valence-electron chi connectivity index (χ4n) is 2.86. The Kier molecular flexibility index (Phi) is 6.04. The number of benzene rings is 2. The summed E-state index contributed by atoms with van der Waals surface area (Å²) in [6.07, 6.45) is -2.87. The molecule has 0 saturated heterocycles. The van der Waals surface area contributed by atoms with Crippen molar-refractivity contribution in [3.05, 3.63) is 79.6 Å². The van der Waals surface area contributed by atoms with Gasteiger partial charge >= 0.3 is 6.18 Å². The van der Waals surface area contributed by atoms with Crippen LogP contribution in [0.4, 0.5) is 18.9 Å². The number of aromatic nitrogens is 1. The number of hydrazone groups is 1. The summed E-state index contributed by atoms with van der Waals surface area (Å²) >= 11 is 8.23. The first kappa shape index (κ1) is 20.7. The zero-order valence-electron chi connectivity index (χ0n) is 15.0. The Bertz CT molecular complexity index is 1020. The van der Waals surface area contributed by atoms with E-state index in [1.807, 2.05) is 44.2 Å². The summed E-state index contributed by atoms with van der Waals surface area (Å²) in [6.45, 7) is 3.95. The third-order valence-electron chi connectivity index (χ3n) is 4.24. The number of hydrogen-bond acceptors (Lipinski definition) is 2. The average Bonchev–Trinajstić information content (AvgIpc) is 2.90. The number of nitrogens with one attached hydrogen (secondary N) is 1. The Balaban J connectivity index is 1.84. The van der Waals surface area contributed by atoms with Gasteiger partial charge in [-0.3, -0.25) is 5.43 Å². The zero-order chi connectivity index (χ0) is 20.5. The first-order valence-corrected chi connectivity index (χ1v) is 9.73. The van der Waals surface area contributed by atoms with Gasteiger partial charge in [0.2, 0.25) is 0 Å². The van der Waals surface area contributed by atoms with Crippen LogP contribution in [0.3, 0.4) is 0 Å². The summed E-state index contributed by atoms with van der Waals surface area (Å²) < 4.78 is 41.8. The molecule has 0 aliphatic heterocycles. The van der Waals surface area contributed by atoms with Crippen LogP contribution < -0.4 is 5.43 Å². The number of halogens is 5. The molecule has 0 saturated carbocycles. The lowest BCUT2D eigenvalue weighted by Gasteiger charge is -2.10. The maximum absolute atomic E-state index is 12.9. The molecular weight excluding hydrogens is 502 g/mol. The molecule has 0 aliphatic carbocycles. The summed E-state index contributed by atoms with van der Waals surface area (Å²) in [6, 6.07) is 13.2. The van der Waals surface area contributed by atoms with Crippen molar-refractivity contribution < 1.29 is 13.2 Å². The molecular formula is C20H16ClF3IN3. The lowest BCUT2D eigenvalue weighted by molar-refractivity contribution is -0.137. The van der Waals surface area contributed by atoms with Gasteiger partial charge in [0.1, 0.15) is 0 Å². The number of aryl methyl sites for hydroxylation is 1. The largest absolute Gasteiger partial charge is 0.416 e. The fraction of sp³-hybridized carbons (Fsp3) is 0.150. The smallest absolute Gasteiger partial charge is 0.318 e. The van der Waals surface area contributed by atoms with Crippen molar-refractivity contribution in [1.29, 1.82) is 0 Å². The minimum Gasteiger partial charge on any atom is -0.318 e. The van der Waals surface area contributed by atoms with E-state index in [0.29, 0.717) is 0 Å². The molecule has 8 heteroatoms. The van der Waals surface area contributed by atoms with Crippen molar-refractivity contribution >= 4 is 46.1 Å². The second-order valence-electron chi connectivity index (χ2n) is 6.20. The predicted molar refractivity (Wildman–Crippen MR) is 116 cm³/mol. The quantitative estimate of drug-likeness (QED) is 0.230. The second-order valence-corrected chi connectivity index (χ2v) is 7.85. The number of nitrogens with zero attached hydrogens (tertiary/aromatic N) is 2. The molecule has 0 fully saturated rings. The van der Waals surface area contributed by atoms with E-state index in [4.69, 9.17) is 11.6 Å². The molecule has 0 spiro atoms. The second kappa shape index (κ2) is 8.16. The lowest BCUT2D eigenvalue weighted by atomic mass is 10.2. The SMILES string of the molecule is Cc1cc(/C=N/Nc2cc(C(F)(F)F)ccc2Cl)c(C)n1-c1ccc(I)cc1. The van der Waals surface area contributed by atoms with Crippen LogP contribution in [0.25, 0.3) is 5.69 Å². The molecule has 3 aromatic rings. The van der Waals surface area contributed by atoms with Crippen LogP contribution in [0.5, 0.6) is 0 Å². The summed E-state index contributed by atoms with van der Waals surface area (Å²) in [7, 11) is 0. The van der Waals surface area contributed by atoms with Crippen LogP contribution in [0.1, 0.15) is 22.5 Å². The van der Waals surface area contributed by atoms with Crippen molar-refractivity contribution in [2.75, 3.05) is 5.43 Å². The van der Waals surface area contributed by atoms with Gasteiger partial charge in [0.15, 0.2) is 0 Å². The summed E-state index contributed by atoms with van der Waals surface area (Å²) in [5.41, 5.74) is 5.80. The first-order chi connectivity index (χ1) is 13.2. The third-order valence-corrected chi connectivity index (χ3v) is 5.29. The van der Waals surface area contributed by atoms with Crippen LogP contribution in [-0.4, -0.2) is 10.8 Å². The fourth-order valence-corrected chi connectivity index (χ4v) is 3.38. The van der Waals surface area contributed by atoms with Crippen molar-refractivity contribution in [2.24, 2.45) is 5.10 Å². The Morgan fingerprint density at radius 3 is 2.39 bits per heavy atom. The van der Waals surface area contributed by atoms with Gasteiger partial charge in [-0.1, -0.05) is 11.6 Å². The van der Waals surface area contributed by atoms with Gasteiger partial charge < -0.3 is 4.57 Å². The molecule has 1 N–H and O–H groups in total. The highest BCUT2D eigenvalue weighted by Crippen LogP contribution is 2.33. The molecule has 146 valence electrons. The third kappa shape index (κ3) is 4.52. The molecule has 0 bridgehead atoms. The molecule has 2 aromatic carbocycles. The molecule has 0 radical (unpaired) electrons. The standard InChI is InChI=1S/C20H16ClF3IN3/c1-12-9-14(13(2)28(12)17-6-4-16(25)5-7-17)11-26-27-19-10-15(20(22,23)24)3-8-18(19)21/h3-11,27H,1-2H3/b26-11+. The van der Waals surface area contributed by atoms with Crippen molar-refractivity contribution in [2.45, 2.75) is 20.0 Å². The van der Waals surface area contributed by atoms with Gasteiger partial charge in [0.05, 0.1) is 22.5 Å². The minimum absolute atomic E-state index is 0.0965. The Morgan fingerprint density at radius 1 is 1.07 bits per heavy atom. The Labute approximate surface area is 179 Å². The van der Waals surface area contributed by atoms with Crippen molar-refractivity contribution in [1.82, 2.24) is 4.57 Å². The van der Waals surface area contributed by atoms with E-state index in [9.17, 15) is 13.2 Å². The number of anilines is 1. The highest BCUT2D eigenvalue weighted by molar-refractivity contribution is 14.1. The van der Waals surface area contributed by atoms with E-state index in [2.05, 4.69) is 37.7 Å². The summed E-state index contributed by atoms with van der Waals surface area (Å²) in [5, 5.41) is 4.24. The number of rotatable bonds is 4. The van der Waals surface area contributed by atoms with E-state index in [1.165, 1.54) is 6.07 Å². The molecule has 0 amide bonds. The van der Waals surface area contributed by atoms with Gasteiger partial charge in [0, 0.05) is 26.2 Å². The van der Waals surface area contributed by atoms with E-state index in [1.54, 1.807) is 6.21 Å². The summed E-state index contributed by atoms with van der Waals surface area (Å²) in [5.74, 6) is 0. The molecule has 28 heavy (non-hydrogen) atoms. The predicted octanol–water partition coefficient (Wildman–Crippen LogP) is 6.82. The lowest BCUT2D eigenvalue weighted by Crippen LogP contribution is -2.05. The Morgan fingerprint density at radius 2 is 1.75 bits per heavy atom. The zero-order valence-corrected chi connectivity index (χ0v) is 17.9. The van der Waals surface area contributed by atoms with E-state index in [-0.39, 0.29) is 10.7 Å². The number of alkyl halides is 3. The minimum atomic E-state index is -4.44. The average molecular weight is 518 g/mol. The van der Waals surface area contributed by atoms with Crippen LogP contribution in [0.2, 0.25) is 5.02 Å². The van der Waals surface area contributed by atoms with E-state index in [0.717, 1.165) is 38.3 Å². The Hall–Kier alpha value is -2.00. The molecule has 0 atom stereocenters. The first-order valence-electron chi connectivity index (χ1n) is 8.27. The molecule has 0 unspecified atom stereocenters. The molecule has 3 nitrogen and oxygen atoms in total. The van der Waals surface area contributed by atoms with E-state index >= 15 is 0 Å². The van der Waals surface area contributed by atoms with Crippen LogP contribution in [0, 0.1) is 17.4 Å². The van der Waals surface area contributed by atoms with Gasteiger partial charge in [-0.05, 0) is 85.0 Å². The molecule has 1 aromatic heterocycles. The maximum Gasteiger partial charge on any atom is 0.416 e. The van der Waals surface area contributed by atoms with E-state index < -0.39 is 11.7 Å². The van der Waals surface area contributed by atoms with Crippen LogP contribution in [0.15, 0.2) is 53.6 Å². The molecule has 3 rings (SSSR count). The topological polar surface area (TPSA) is 29.3 Å². The van der Waals surface area contributed by atoms with Crippen LogP contribution >= 0.6 is 34.2 Å². The van der Waals surface area contributed by atoms with Gasteiger partial charge in [-0.25, -0.2) is 0 Å². The van der Waals surface area contributed by atoms with Crippen molar-refractivity contribution in [3.63, 3.8) is 0 Å². The maximum atomic E-state index is 12.9. The highest BCUT2D eigenvalue weighted by atomic mass is 127. The van der Waals surface area contributed by atoms with Gasteiger partial charge in [0.25, 0.3) is 0 Å². The molecule has 0 aliphatic rings. The van der Waals surface area contributed by atoms with Crippen LogP contribution in [-0.2, 0) is 6.18 Å².